The summed E-state index contributed by atoms with van der Waals surface area (Å²) in [6.45, 7) is 2.66. The lowest BCUT2D eigenvalue weighted by Gasteiger charge is -2.08. The van der Waals surface area contributed by atoms with Gasteiger partial charge in [-0.05, 0) is 19.3 Å². The highest BCUT2D eigenvalue weighted by atomic mass is 15.0. The third-order valence-corrected chi connectivity index (χ3v) is 1.79. The Bertz CT molecular complexity index is 202. The molecule has 0 aliphatic rings. The van der Waals surface area contributed by atoms with E-state index in [0.717, 1.165) is 19.3 Å². The first kappa shape index (κ1) is 12.5. The summed E-state index contributed by atoms with van der Waals surface area (Å²) in [6, 6.07) is 0.175. The molecule has 0 heterocycles. The lowest BCUT2D eigenvalue weighted by molar-refractivity contribution is 0.574. The summed E-state index contributed by atoms with van der Waals surface area (Å²) in [6.07, 6.45) is 2.69. The van der Waals surface area contributed by atoms with Crippen molar-refractivity contribution >= 4 is 11.9 Å². The molecule has 0 saturated heterocycles. The van der Waals surface area contributed by atoms with Crippen molar-refractivity contribution in [1.82, 2.24) is 0 Å². The van der Waals surface area contributed by atoms with Crippen molar-refractivity contribution in [3.63, 3.8) is 0 Å². The molecule has 6 heteroatoms. The minimum Gasteiger partial charge on any atom is -0.370 e. The molecule has 0 aliphatic carbocycles. The summed E-state index contributed by atoms with van der Waals surface area (Å²) in [5.41, 5.74) is 20.9. The number of nitrogens with zero attached hydrogens (tertiary/aromatic N) is 2. The fourth-order valence-electron chi connectivity index (χ4n) is 1.11. The van der Waals surface area contributed by atoms with E-state index in [4.69, 9.17) is 22.9 Å². The summed E-state index contributed by atoms with van der Waals surface area (Å²) in [4.78, 5) is 7.94. The predicted molar refractivity (Wildman–Crippen MR) is 59.8 cm³/mol. The average Bonchev–Trinajstić information content (AvgIpc) is 2.09. The largest absolute Gasteiger partial charge is 0.370 e. The SMILES string of the molecule is CCC(CCCN=C(N)N)N=C(N)N. The lowest BCUT2D eigenvalue weighted by atomic mass is 10.1. The molecule has 1 atom stereocenters. The van der Waals surface area contributed by atoms with Gasteiger partial charge in [0.1, 0.15) is 0 Å². The zero-order chi connectivity index (χ0) is 11.0. The van der Waals surface area contributed by atoms with Crippen molar-refractivity contribution < 1.29 is 0 Å². The van der Waals surface area contributed by atoms with Gasteiger partial charge in [0.15, 0.2) is 11.9 Å². The van der Waals surface area contributed by atoms with E-state index in [9.17, 15) is 0 Å². The lowest BCUT2D eigenvalue weighted by Crippen LogP contribution is -2.25. The highest BCUT2D eigenvalue weighted by Gasteiger charge is 2.03. The molecule has 0 saturated carbocycles. The Labute approximate surface area is 84.4 Å². The van der Waals surface area contributed by atoms with Crippen LogP contribution in [0.15, 0.2) is 9.98 Å². The fraction of sp³-hybridized carbons (Fsp3) is 0.750. The van der Waals surface area contributed by atoms with Crippen LogP contribution in [-0.2, 0) is 0 Å². The number of hydrogen-bond donors (Lipinski definition) is 4. The van der Waals surface area contributed by atoms with Crippen molar-refractivity contribution in [1.29, 1.82) is 0 Å². The molecule has 6 nitrogen and oxygen atoms in total. The number of hydrogen-bond acceptors (Lipinski definition) is 2. The Morgan fingerprint density at radius 3 is 2.21 bits per heavy atom. The van der Waals surface area contributed by atoms with E-state index in [-0.39, 0.29) is 18.0 Å². The summed E-state index contributed by atoms with van der Waals surface area (Å²) >= 11 is 0. The minimum atomic E-state index is 0.125. The molecule has 0 rings (SSSR count). The number of guanidine groups is 2. The van der Waals surface area contributed by atoms with Gasteiger partial charge >= 0.3 is 0 Å². The van der Waals surface area contributed by atoms with Gasteiger partial charge < -0.3 is 22.9 Å². The van der Waals surface area contributed by atoms with Crippen molar-refractivity contribution in [2.75, 3.05) is 6.54 Å². The molecule has 1 unspecified atom stereocenters. The summed E-state index contributed by atoms with van der Waals surface area (Å²) in [7, 11) is 0. The number of rotatable bonds is 6. The maximum Gasteiger partial charge on any atom is 0.186 e. The quantitative estimate of drug-likeness (QED) is 0.251. The molecule has 0 aliphatic heterocycles. The Hall–Kier alpha value is -1.46. The molecule has 0 radical (unpaired) electrons. The molecule has 0 amide bonds. The molecular weight excluding hydrogens is 180 g/mol. The van der Waals surface area contributed by atoms with Crippen LogP contribution in [-0.4, -0.2) is 24.5 Å². The molecule has 0 fully saturated rings. The smallest absolute Gasteiger partial charge is 0.186 e. The highest BCUT2D eigenvalue weighted by Crippen LogP contribution is 2.05. The molecule has 0 aromatic carbocycles. The van der Waals surface area contributed by atoms with Crippen LogP contribution in [0.1, 0.15) is 26.2 Å². The normalized spacial score (nSPS) is 11.8. The van der Waals surface area contributed by atoms with E-state index in [1.165, 1.54) is 0 Å². The van der Waals surface area contributed by atoms with Crippen LogP contribution < -0.4 is 22.9 Å². The van der Waals surface area contributed by atoms with Crippen molar-refractivity contribution in [2.45, 2.75) is 32.2 Å². The molecule has 0 aromatic rings. The molecule has 82 valence electrons. The van der Waals surface area contributed by atoms with Crippen LogP contribution in [0.5, 0.6) is 0 Å². The first-order valence-electron chi connectivity index (χ1n) is 4.70. The van der Waals surface area contributed by atoms with Crippen LogP contribution in [0, 0.1) is 0 Å². The van der Waals surface area contributed by atoms with E-state index < -0.39 is 0 Å². The highest BCUT2D eigenvalue weighted by molar-refractivity contribution is 5.76. The Balaban J connectivity index is 3.74. The average molecular weight is 200 g/mol. The molecular formula is C8H20N6. The fourth-order valence-corrected chi connectivity index (χ4v) is 1.11. The van der Waals surface area contributed by atoms with Crippen molar-refractivity contribution in [3.05, 3.63) is 0 Å². The molecule has 0 aromatic heterocycles. The number of nitrogens with two attached hydrogens (primary N) is 4. The van der Waals surface area contributed by atoms with Crippen molar-refractivity contribution in [3.8, 4) is 0 Å². The van der Waals surface area contributed by atoms with Gasteiger partial charge in [-0.25, -0.2) is 0 Å². The number of aliphatic imine (C=N–C) groups is 2. The first-order valence-corrected chi connectivity index (χ1v) is 4.70. The molecule has 0 bridgehead atoms. The maximum atomic E-state index is 5.28. The van der Waals surface area contributed by atoms with Crippen LogP contribution in [0.4, 0.5) is 0 Å². The topological polar surface area (TPSA) is 129 Å². The first-order chi connectivity index (χ1) is 6.56. The van der Waals surface area contributed by atoms with E-state index in [0.29, 0.717) is 6.54 Å². The Kier molecular flexibility index (Phi) is 6.26. The van der Waals surface area contributed by atoms with Gasteiger partial charge in [-0.3, -0.25) is 9.98 Å². The second kappa shape index (κ2) is 6.99. The predicted octanol–water partition coefficient (Wildman–Crippen LogP) is -0.908. The molecule has 8 N–H and O–H groups in total. The third-order valence-electron chi connectivity index (χ3n) is 1.79. The van der Waals surface area contributed by atoms with E-state index in [1.54, 1.807) is 0 Å². The summed E-state index contributed by atoms with van der Waals surface area (Å²) in [5.74, 6) is 0.263. The van der Waals surface area contributed by atoms with Gasteiger partial charge in [-0.1, -0.05) is 6.92 Å². The van der Waals surface area contributed by atoms with E-state index in [2.05, 4.69) is 9.98 Å². The zero-order valence-electron chi connectivity index (χ0n) is 8.61. The Morgan fingerprint density at radius 1 is 1.14 bits per heavy atom. The minimum absolute atomic E-state index is 0.125. The van der Waals surface area contributed by atoms with E-state index >= 15 is 0 Å². The maximum absolute atomic E-state index is 5.28. The van der Waals surface area contributed by atoms with Crippen LogP contribution >= 0.6 is 0 Å². The van der Waals surface area contributed by atoms with Gasteiger partial charge in [-0.15, -0.1) is 0 Å². The van der Waals surface area contributed by atoms with Gasteiger partial charge in [0.05, 0.1) is 6.04 Å². The second-order valence-corrected chi connectivity index (χ2v) is 3.06. The Morgan fingerprint density at radius 2 is 1.79 bits per heavy atom. The monoisotopic (exact) mass is 200 g/mol. The van der Waals surface area contributed by atoms with Crippen LogP contribution in [0.3, 0.4) is 0 Å². The standard InChI is InChI=1S/C8H20N6/c1-2-6(14-8(11)12)4-3-5-13-7(9)10/h6H,2-5H2,1H3,(H4,9,10,13)(H4,11,12,14). The van der Waals surface area contributed by atoms with Gasteiger partial charge in [-0.2, -0.15) is 0 Å². The zero-order valence-corrected chi connectivity index (χ0v) is 8.61. The van der Waals surface area contributed by atoms with Crippen LogP contribution in [0.25, 0.3) is 0 Å². The molecule has 14 heavy (non-hydrogen) atoms. The van der Waals surface area contributed by atoms with Gasteiger partial charge in [0.25, 0.3) is 0 Å². The van der Waals surface area contributed by atoms with E-state index in [1.807, 2.05) is 6.92 Å². The van der Waals surface area contributed by atoms with Crippen molar-refractivity contribution in [2.24, 2.45) is 32.9 Å². The third kappa shape index (κ3) is 7.20. The summed E-state index contributed by atoms with van der Waals surface area (Å²) < 4.78 is 0. The van der Waals surface area contributed by atoms with Gasteiger partial charge in [0, 0.05) is 6.54 Å². The summed E-state index contributed by atoms with van der Waals surface area (Å²) in [5, 5.41) is 0. The second-order valence-electron chi connectivity index (χ2n) is 3.06. The van der Waals surface area contributed by atoms with Gasteiger partial charge in [0.2, 0.25) is 0 Å². The molecule has 0 spiro atoms. The van der Waals surface area contributed by atoms with Crippen LogP contribution in [0.2, 0.25) is 0 Å².